The first-order valence-corrected chi connectivity index (χ1v) is 8.01. The number of unbranched alkanes of at least 4 members (excludes halogenated alkanes) is 1. The molecule has 0 saturated carbocycles. The van der Waals surface area contributed by atoms with E-state index in [0.717, 1.165) is 36.1 Å². The van der Waals surface area contributed by atoms with Crippen molar-refractivity contribution in [2.24, 2.45) is 0 Å². The zero-order chi connectivity index (χ0) is 16.0. The third-order valence-corrected chi connectivity index (χ3v) is 4.27. The molecular weight excluding hydrogens is 334 g/mol. The highest BCUT2D eigenvalue weighted by atomic mass is 79.9. The minimum absolute atomic E-state index is 0.144. The Balaban J connectivity index is 2.46. The molecule has 0 amide bonds. The van der Waals surface area contributed by atoms with Gasteiger partial charge in [0.15, 0.2) is 0 Å². The van der Waals surface area contributed by atoms with Crippen molar-refractivity contribution < 1.29 is 4.92 Å². The molecule has 0 heterocycles. The molecule has 1 aromatic carbocycles. The molecule has 1 N–H and O–H groups in total. The average Bonchev–Trinajstić information content (AvgIpc) is 2.40. The Morgan fingerprint density at radius 1 is 1.38 bits per heavy atom. The first-order chi connectivity index (χ1) is 9.82. The van der Waals surface area contributed by atoms with Crippen molar-refractivity contribution >= 4 is 27.3 Å². The van der Waals surface area contributed by atoms with Crippen molar-refractivity contribution in [2.75, 3.05) is 25.5 Å². The van der Waals surface area contributed by atoms with E-state index in [9.17, 15) is 10.1 Å². The number of nitro benzene ring substituents is 1. The van der Waals surface area contributed by atoms with E-state index in [-0.39, 0.29) is 10.6 Å². The van der Waals surface area contributed by atoms with Gasteiger partial charge in [-0.2, -0.15) is 0 Å². The van der Waals surface area contributed by atoms with E-state index in [4.69, 9.17) is 0 Å². The van der Waals surface area contributed by atoms with Gasteiger partial charge in [-0.05, 0) is 69.2 Å². The number of nitrogens with one attached hydrogen (secondary N) is 1. The molecule has 5 nitrogen and oxygen atoms in total. The van der Waals surface area contributed by atoms with Gasteiger partial charge in [-0.15, -0.1) is 0 Å². The molecule has 1 rings (SSSR count). The van der Waals surface area contributed by atoms with Gasteiger partial charge in [-0.3, -0.25) is 10.1 Å². The summed E-state index contributed by atoms with van der Waals surface area (Å²) in [6.45, 7) is 8.08. The third kappa shape index (κ3) is 5.63. The maximum absolute atomic E-state index is 10.9. The van der Waals surface area contributed by atoms with Crippen molar-refractivity contribution in [3.8, 4) is 0 Å². The molecule has 1 aromatic rings. The topological polar surface area (TPSA) is 58.4 Å². The van der Waals surface area contributed by atoms with Gasteiger partial charge in [0.2, 0.25) is 0 Å². The second-order valence-electron chi connectivity index (χ2n) is 5.58. The molecule has 0 atom stereocenters. The smallest absolute Gasteiger partial charge is 0.273 e. The fraction of sp³-hybridized carbons (Fsp3) is 0.600. The lowest BCUT2D eigenvalue weighted by Gasteiger charge is -2.20. The SMILES string of the molecule is Cc1cc(NCCCCN(C)C(C)C)c(Br)cc1[N+](=O)[O-]. The second kappa shape index (κ2) is 8.34. The van der Waals surface area contributed by atoms with Gasteiger partial charge in [-0.25, -0.2) is 0 Å². The lowest BCUT2D eigenvalue weighted by atomic mass is 10.1. The highest BCUT2D eigenvalue weighted by Gasteiger charge is 2.13. The molecule has 0 aliphatic rings. The molecule has 0 spiro atoms. The number of rotatable bonds is 8. The van der Waals surface area contributed by atoms with E-state index in [1.165, 1.54) is 0 Å². The maximum atomic E-state index is 10.9. The number of nitrogens with zero attached hydrogens (tertiary/aromatic N) is 2. The van der Waals surface area contributed by atoms with Crippen LogP contribution in [0, 0.1) is 17.0 Å². The zero-order valence-electron chi connectivity index (χ0n) is 13.1. The van der Waals surface area contributed by atoms with Crippen molar-refractivity contribution in [2.45, 2.75) is 39.7 Å². The van der Waals surface area contributed by atoms with Crippen LogP contribution in [0.3, 0.4) is 0 Å². The van der Waals surface area contributed by atoms with Crippen LogP contribution in [0.5, 0.6) is 0 Å². The van der Waals surface area contributed by atoms with Crippen LogP contribution >= 0.6 is 15.9 Å². The molecule has 6 heteroatoms. The van der Waals surface area contributed by atoms with E-state index >= 15 is 0 Å². The summed E-state index contributed by atoms with van der Waals surface area (Å²) >= 11 is 3.39. The van der Waals surface area contributed by atoms with Crippen molar-refractivity contribution in [3.63, 3.8) is 0 Å². The predicted octanol–water partition coefficient (Wildman–Crippen LogP) is 4.20. The molecule has 0 unspecified atom stereocenters. The summed E-state index contributed by atoms with van der Waals surface area (Å²) in [7, 11) is 2.13. The fourth-order valence-electron chi connectivity index (χ4n) is 1.97. The van der Waals surface area contributed by atoms with Crippen molar-refractivity contribution in [1.82, 2.24) is 4.90 Å². The van der Waals surface area contributed by atoms with Gasteiger partial charge in [0.1, 0.15) is 0 Å². The summed E-state index contributed by atoms with van der Waals surface area (Å²) in [6, 6.07) is 3.96. The zero-order valence-corrected chi connectivity index (χ0v) is 14.7. The average molecular weight is 358 g/mol. The number of aryl methyl sites for hydroxylation is 1. The summed E-state index contributed by atoms with van der Waals surface area (Å²) in [4.78, 5) is 12.8. The second-order valence-corrected chi connectivity index (χ2v) is 6.44. The highest BCUT2D eigenvalue weighted by molar-refractivity contribution is 9.10. The maximum Gasteiger partial charge on any atom is 0.273 e. The van der Waals surface area contributed by atoms with Gasteiger partial charge in [0.05, 0.1) is 4.92 Å². The minimum Gasteiger partial charge on any atom is -0.384 e. The Morgan fingerprint density at radius 2 is 2.05 bits per heavy atom. The van der Waals surface area contributed by atoms with Crippen LogP contribution in [0.1, 0.15) is 32.3 Å². The highest BCUT2D eigenvalue weighted by Crippen LogP contribution is 2.30. The number of hydrogen-bond acceptors (Lipinski definition) is 4. The Bertz CT molecular complexity index is 492. The van der Waals surface area contributed by atoms with Crippen molar-refractivity contribution in [3.05, 3.63) is 32.3 Å². The van der Waals surface area contributed by atoms with Gasteiger partial charge >= 0.3 is 0 Å². The quantitative estimate of drug-likeness (QED) is 0.430. The number of hydrogen-bond donors (Lipinski definition) is 1. The van der Waals surface area contributed by atoms with E-state index in [2.05, 4.69) is 47.0 Å². The summed E-state index contributed by atoms with van der Waals surface area (Å²) in [6.07, 6.45) is 2.20. The van der Waals surface area contributed by atoms with Gasteiger partial charge < -0.3 is 10.2 Å². The Kier molecular flexibility index (Phi) is 7.11. The van der Waals surface area contributed by atoms with Gasteiger partial charge in [0.25, 0.3) is 5.69 Å². The first kappa shape index (κ1) is 17.9. The van der Waals surface area contributed by atoms with Crippen LogP contribution in [0.4, 0.5) is 11.4 Å². The number of halogens is 1. The molecule has 0 saturated heterocycles. The van der Waals surface area contributed by atoms with Gasteiger partial charge in [-0.1, -0.05) is 0 Å². The van der Waals surface area contributed by atoms with E-state index in [1.807, 2.05) is 6.07 Å². The van der Waals surface area contributed by atoms with Gasteiger partial charge in [0, 0.05) is 34.4 Å². The summed E-state index contributed by atoms with van der Waals surface area (Å²) in [5.74, 6) is 0. The molecule has 21 heavy (non-hydrogen) atoms. The normalized spacial score (nSPS) is 11.2. The van der Waals surface area contributed by atoms with E-state index in [0.29, 0.717) is 11.6 Å². The number of anilines is 1. The summed E-state index contributed by atoms with van der Waals surface area (Å²) in [5, 5.41) is 14.2. The van der Waals surface area contributed by atoms with E-state index < -0.39 is 0 Å². The molecular formula is C15H24BrN3O2. The number of nitro groups is 1. The Hall–Kier alpha value is -1.14. The monoisotopic (exact) mass is 357 g/mol. The molecule has 0 aliphatic heterocycles. The summed E-state index contributed by atoms with van der Waals surface area (Å²) < 4.78 is 0.735. The molecule has 0 radical (unpaired) electrons. The molecule has 0 bridgehead atoms. The van der Waals surface area contributed by atoms with Crippen LogP contribution < -0.4 is 5.32 Å². The molecule has 0 aliphatic carbocycles. The molecule has 0 aromatic heterocycles. The van der Waals surface area contributed by atoms with Crippen LogP contribution in [0.2, 0.25) is 0 Å². The van der Waals surface area contributed by atoms with Crippen molar-refractivity contribution in [1.29, 1.82) is 0 Å². The van der Waals surface area contributed by atoms with E-state index in [1.54, 1.807) is 13.0 Å². The van der Waals surface area contributed by atoms with Crippen LogP contribution in [-0.4, -0.2) is 36.0 Å². The predicted molar refractivity (Wildman–Crippen MR) is 91.0 cm³/mol. The minimum atomic E-state index is -0.356. The fourth-order valence-corrected chi connectivity index (χ4v) is 2.44. The first-order valence-electron chi connectivity index (χ1n) is 7.21. The molecule has 0 fully saturated rings. The van der Waals surface area contributed by atoms with Crippen LogP contribution in [0.25, 0.3) is 0 Å². The largest absolute Gasteiger partial charge is 0.384 e. The molecule has 118 valence electrons. The van der Waals surface area contributed by atoms with Crippen LogP contribution in [-0.2, 0) is 0 Å². The standard InChI is InChI=1S/C15H24BrN3O2/c1-11(2)18(4)8-6-5-7-17-14-9-12(3)15(19(20)21)10-13(14)16/h9-11,17H,5-8H2,1-4H3. The Morgan fingerprint density at radius 3 is 2.62 bits per heavy atom. The number of benzene rings is 1. The lowest BCUT2D eigenvalue weighted by molar-refractivity contribution is -0.385. The Labute approximate surface area is 135 Å². The van der Waals surface area contributed by atoms with Crippen LogP contribution in [0.15, 0.2) is 16.6 Å². The third-order valence-electron chi connectivity index (χ3n) is 3.62. The summed E-state index contributed by atoms with van der Waals surface area (Å²) in [5.41, 5.74) is 1.73. The lowest BCUT2D eigenvalue weighted by Crippen LogP contribution is -2.27.